The third kappa shape index (κ3) is 4.18. The first-order valence-electron chi connectivity index (χ1n) is 9.54. The summed E-state index contributed by atoms with van der Waals surface area (Å²) >= 11 is 0. The number of aromatic nitrogens is 5. The van der Waals surface area contributed by atoms with Crippen LogP contribution in [-0.4, -0.2) is 55.4 Å². The SMILES string of the molecule is N#CCC1(n2cc(-c3ncnc4[nH]ccc34)c(C(N)=O)n2)CC=CN(S(=O)(=O)CC(F)(F)F)N1. The van der Waals surface area contributed by atoms with Gasteiger partial charge in [-0.3, -0.25) is 4.79 Å². The zero-order valence-corrected chi connectivity index (χ0v) is 17.9. The normalized spacial score (nSPS) is 18.8. The van der Waals surface area contributed by atoms with Gasteiger partial charge in [-0.25, -0.2) is 27.5 Å². The minimum atomic E-state index is -4.99. The summed E-state index contributed by atoms with van der Waals surface area (Å²) in [4.78, 5) is 23.3. The number of hydrazine groups is 1. The summed E-state index contributed by atoms with van der Waals surface area (Å²) in [6, 6.07) is 3.53. The van der Waals surface area contributed by atoms with Crippen LogP contribution in [0, 0.1) is 11.3 Å². The zero-order chi connectivity index (χ0) is 24.7. The van der Waals surface area contributed by atoms with Gasteiger partial charge in [0, 0.05) is 30.4 Å². The van der Waals surface area contributed by atoms with Gasteiger partial charge in [-0.05, 0) is 6.07 Å². The lowest BCUT2D eigenvalue weighted by Gasteiger charge is -2.39. The molecular weight excluding hydrogens is 479 g/mol. The number of fused-ring (bicyclic) bond motifs is 1. The third-order valence-electron chi connectivity index (χ3n) is 5.03. The van der Waals surface area contributed by atoms with Gasteiger partial charge >= 0.3 is 6.18 Å². The van der Waals surface area contributed by atoms with E-state index in [9.17, 15) is 31.6 Å². The Kier molecular flexibility index (Phi) is 5.53. The number of hydrogen-bond acceptors (Lipinski definition) is 8. The predicted octanol–water partition coefficient (Wildman–Crippen LogP) is 1.10. The monoisotopic (exact) mass is 495 g/mol. The number of sulfonamides is 1. The van der Waals surface area contributed by atoms with Gasteiger partial charge in [-0.2, -0.15) is 29.0 Å². The molecule has 0 fully saturated rings. The molecule has 12 nitrogen and oxygen atoms in total. The Morgan fingerprint density at radius 3 is 2.79 bits per heavy atom. The molecule has 0 radical (unpaired) electrons. The smallest absolute Gasteiger partial charge is 0.364 e. The van der Waals surface area contributed by atoms with Crippen LogP contribution in [0.25, 0.3) is 22.3 Å². The van der Waals surface area contributed by atoms with Gasteiger partial charge in [0.1, 0.15) is 17.6 Å². The van der Waals surface area contributed by atoms with Crippen LogP contribution in [0.1, 0.15) is 23.3 Å². The van der Waals surface area contributed by atoms with E-state index in [0.29, 0.717) is 15.4 Å². The Hall–Kier alpha value is -3.97. The van der Waals surface area contributed by atoms with E-state index >= 15 is 0 Å². The molecule has 4 N–H and O–H groups in total. The number of carbonyl (C=O) groups is 1. The van der Waals surface area contributed by atoms with Crippen LogP contribution in [0.3, 0.4) is 0 Å². The second kappa shape index (κ2) is 8.11. The number of nitrogens with zero attached hydrogens (tertiary/aromatic N) is 6. The summed E-state index contributed by atoms with van der Waals surface area (Å²) in [6.07, 6.45) is 0.925. The Bertz CT molecular complexity index is 1440. The van der Waals surface area contributed by atoms with Crippen molar-refractivity contribution < 1.29 is 26.4 Å². The van der Waals surface area contributed by atoms with E-state index < -0.39 is 39.9 Å². The fourth-order valence-electron chi connectivity index (χ4n) is 3.57. The van der Waals surface area contributed by atoms with Crippen LogP contribution in [0.15, 0.2) is 37.1 Å². The number of hydrogen-bond donors (Lipinski definition) is 3. The van der Waals surface area contributed by atoms with Crippen molar-refractivity contribution >= 4 is 27.0 Å². The lowest BCUT2D eigenvalue weighted by atomic mass is 10.0. The van der Waals surface area contributed by atoms with Gasteiger partial charge in [0.05, 0.1) is 23.7 Å². The van der Waals surface area contributed by atoms with E-state index in [4.69, 9.17) is 5.73 Å². The van der Waals surface area contributed by atoms with Crippen LogP contribution >= 0.6 is 0 Å². The molecule has 16 heteroatoms. The molecular formula is C18H16F3N9O3S. The highest BCUT2D eigenvalue weighted by Gasteiger charge is 2.44. The van der Waals surface area contributed by atoms with Crippen LogP contribution in [-0.2, 0) is 15.7 Å². The van der Waals surface area contributed by atoms with Crippen LogP contribution < -0.4 is 11.2 Å². The van der Waals surface area contributed by atoms with Gasteiger partial charge < -0.3 is 10.7 Å². The van der Waals surface area contributed by atoms with Gasteiger partial charge in [-0.1, -0.05) is 6.08 Å². The molecule has 1 amide bonds. The number of alkyl halides is 3. The predicted molar refractivity (Wildman–Crippen MR) is 110 cm³/mol. The highest BCUT2D eigenvalue weighted by molar-refractivity contribution is 7.89. The number of H-pyrrole nitrogens is 1. The first-order valence-corrected chi connectivity index (χ1v) is 11.2. The molecule has 4 heterocycles. The van der Waals surface area contributed by atoms with Crippen molar-refractivity contribution in [1.82, 2.24) is 34.6 Å². The number of primary amides is 1. The van der Waals surface area contributed by atoms with E-state index in [-0.39, 0.29) is 23.4 Å². The van der Waals surface area contributed by atoms with Crippen molar-refractivity contribution in [2.45, 2.75) is 24.7 Å². The van der Waals surface area contributed by atoms with Gasteiger partial charge in [-0.15, -0.1) is 0 Å². The maximum Gasteiger partial charge on any atom is 0.404 e. The fourth-order valence-corrected chi connectivity index (χ4v) is 4.71. The number of nitriles is 1. The minimum absolute atomic E-state index is 0.0404. The van der Waals surface area contributed by atoms with Crippen molar-refractivity contribution in [3.8, 4) is 17.3 Å². The first-order chi connectivity index (χ1) is 16.0. The average Bonchev–Trinajstić information content (AvgIpc) is 3.40. The van der Waals surface area contributed by atoms with Crippen molar-refractivity contribution in [2.75, 3.05) is 5.75 Å². The molecule has 0 aliphatic carbocycles. The largest absolute Gasteiger partial charge is 0.404 e. The quantitative estimate of drug-likeness (QED) is 0.455. The molecule has 0 aromatic carbocycles. The molecule has 0 spiro atoms. The lowest BCUT2D eigenvalue weighted by Crippen LogP contribution is -2.58. The summed E-state index contributed by atoms with van der Waals surface area (Å²) in [5.74, 6) is -3.06. The Labute approximate surface area is 189 Å². The number of rotatable bonds is 6. The van der Waals surface area contributed by atoms with Crippen molar-refractivity contribution in [3.63, 3.8) is 0 Å². The summed E-state index contributed by atoms with van der Waals surface area (Å²) < 4.78 is 64.5. The van der Waals surface area contributed by atoms with E-state index in [2.05, 4.69) is 25.5 Å². The summed E-state index contributed by atoms with van der Waals surface area (Å²) in [5, 5.41) is 14.1. The van der Waals surface area contributed by atoms with E-state index in [0.717, 1.165) is 10.9 Å². The molecule has 178 valence electrons. The number of nitrogens with two attached hydrogens (primary N) is 1. The Morgan fingerprint density at radius 1 is 1.35 bits per heavy atom. The Morgan fingerprint density at radius 2 is 2.12 bits per heavy atom. The molecule has 3 aromatic heterocycles. The zero-order valence-electron chi connectivity index (χ0n) is 17.1. The van der Waals surface area contributed by atoms with E-state index in [1.165, 1.54) is 18.6 Å². The van der Waals surface area contributed by atoms with Crippen LogP contribution in [0.4, 0.5) is 13.2 Å². The molecule has 1 aliphatic rings. The number of halogens is 3. The molecule has 0 saturated carbocycles. The first kappa shape index (κ1) is 23.2. The van der Waals surface area contributed by atoms with Crippen molar-refractivity contribution in [1.29, 1.82) is 5.26 Å². The molecule has 1 aliphatic heterocycles. The minimum Gasteiger partial charge on any atom is -0.364 e. The molecule has 3 aromatic rings. The van der Waals surface area contributed by atoms with E-state index in [1.54, 1.807) is 12.3 Å². The molecule has 1 unspecified atom stereocenters. The summed E-state index contributed by atoms with van der Waals surface area (Å²) in [7, 11) is -4.89. The second-order valence-corrected chi connectivity index (χ2v) is 9.24. The molecule has 0 bridgehead atoms. The molecule has 34 heavy (non-hydrogen) atoms. The highest BCUT2D eigenvalue weighted by Crippen LogP contribution is 2.33. The fraction of sp³-hybridized carbons (Fsp3) is 0.278. The molecule has 4 rings (SSSR count). The third-order valence-corrected chi connectivity index (χ3v) is 6.53. The summed E-state index contributed by atoms with van der Waals surface area (Å²) in [5.41, 5.74) is 6.99. The maximum absolute atomic E-state index is 12.8. The van der Waals surface area contributed by atoms with E-state index in [1.807, 2.05) is 6.07 Å². The van der Waals surface area contributed by atoms with Crippen molar-refractivity contribution in [3.05, 3.63) is 42.8 Å². The molecule has 1 atom stereocenters. The van der Waals surface area contributed by atoms with Gasteiger partial charge in [0.15, 0.2) is 11.4 Å². The number of aromatic amines is 1. The van der Waals surface area contributed by atoms with Gasteiger partial charge in [0.2, 0.25) is 0 Å². The highest BCUT2D eigenvalue weighted by atomic mass is 32.2. The lowest BCUT2D eigenvalue weighted by molar-refractivity contribution is -0.107. The maximum atomic E-state index is 12.8. The number of amides is 1. The average molecular weight is 495 g/mol. The Balaban J connectivity index is 1.83. The van der Waals surface area contributed by atoms with Crippen LogP contribution in [0.2, 0.25) is 0 Å². The second-order valence-electron chi connectivity index (χ2n) is 7.40. The molecule has 0 saturated heterocycles. The van der Waals surface area contributed by atoms with Gasteiger partial charge in [0.25, 0.3) is 15.9 Å². The summed E-state index contributed by atoms with van der Waals surface area (Å²) in [6.45, 7) is 0. The number of carbonyl (C=O) groups excluding carboxylic acids is 1. The van der Waals surface area contributed by atoms with Crippen LogP contribution in [0.5, 0.6) is 0 Å². The topological polar surface area (TPSA) is 176 Å². The van der Waals surface area contributed by atoms with Crippen molar-refractivity contribution in [2.24, 2.45) is 5.73 Å². The number of nitrogens with one attached hydrogen (secondary N) is 2. The standard InChI is InChI=1S/C18H16F3N9O3S/c19-18(20,21)9-34(32,33)30-7-1-3-17(28-30,4-5-22)29-8-12(14(27-29)15(23)31)13-11-2-6-24-16(11)26-10-25-13/h1-2,6-8,10,28H,3-4,9H2,(H2,23,31)(H,24,25,26).